The molecule has 18 heavy (non-hydrogen) atoms. The molecule has 0 saturated carbocycles. The van der Waals surface area contributed by atoms with Crippen molar-refractivity contribution in [2.75, 3.05) is 12.4 Å². The number of benzene rings is 1. The third kappa shape index (κ3) is 3.36. The zero-order chi connectivity index (χ0) is 13.9. The Balaban J connectivity index is 3.11. The van der Waals surface area contributed by atoms with E-state index in [9.17, 15) is 22.8 Å². The highest BCUT2D eigenvalue weighted by Crippen LogP contribution is 2.24. The molecule has 1 N–H and O–H groups in total. The average Bonchev–Trinajstić information content (AvgIpc) is 2.27. The first-order valence-corrected chi connectivity index (χ1v) is 4.89. The molecular formula is C10H7ClF3NO3. The summed E-state index contributed by atoms with van der Waals surface area (Å²) in [5.74, 6) is -3.08. The van der Waals surface area contributed by atoms with Crippen LogP contribution in [0.25, 0.3) is 0 Å². The monoisotopic (exact) mass is 281 g/mol. The van der Waals surface area contributed by atoms with Gasteiger partial charge in [-0.25, -0.2) is 4.79 Å². The lowest BCUT2D eigenvalue weighted by Gasteiger charge is -2.11. The smallest absolute Gasteiger partial charge is 0.465 e. The van der Waals surface area contributed by atoms with Crippen molar-refractivity contribution >= 4 is 29.2 Å². The van der Waals surface area contributed by atoms with Crippen molar-refractivity contribution in [3.63, 3.8) is 0 Å². The van der Waals surface area contributed by atoms with Crippen LogP contribution in [0.3, 0.4) is 0 Å². The van der Waals surface area contributed by atoms with E-state index in [4.69, 9.17) is 11.6 Å². The Kier molecular flexibility index (Phi) is 4.18. The van der Waals surface area contributed by atoms with Gasteiger partial charge in [0.2, 0.25) is 0 Å². The third-order valence-electron chi connectivity index (χ3n) is 1.89. The summed E-state index contributed by atoms with van der Waals surface area (Å²) in [6.07, 6.45) is -5.06. The van der Waals surface area contributed by atoms with Gasteiger partial charge in [0.05, 0.1) is 18.4 Å². The predicted molar refractivity (Wildman–Crippen MR) is 57.5 cm³/mol. The van der Waals surface area contributed by atoms with E-state index >= 15 is 0 Å². The van der Waals surface area contributed by atoms with Gasteiger partial charge in [-0.2, -0.15) is 13.2 Å². The summed E-state index contributed by atoms with van der Waals surface area (Å²) in [5.41, 5.74) is -0.587. The molecule has 1 rings (SSSR count). The predicted octanol–water partition coefficient (Wildman–Crippen LogP) is 2.63. The summed E-state index contributed by atoms with van der Waals surface area (Å²) < 4.78 is 40.6. The van der Waals surface area contributed by atoms with Crippen molar-refractivity contribution in [2.45, 2.75) is 6.18 Å². The fourth-order valence-corrected chi connectivity index (χ4v) is 1.27. The molecule has 0 fully saturated rings. The minimum absolute atomic E-state index is 0.0696. The van der Waals surface area contributed by atoms with Crippen LogP contribution >= 0.6 is 11.6 Å². The van der Waals surface area contributed by atoms with E-state index in [0.717, 1.165) is 19.2 Å². The van der Waals surface area contributed by atoms with Crippen molar-refractivity contribution in [3.05, 3.63) is 28.8 Å². The quantitative estimate of drug-likeness (QED) is 0.848. The Hall–Kier alpha value is -1.76. The molecule has 0 aliphatic heterocycles. The van der Waals surface area contributed by atoms with Crippen LogP contribution < -0.4 is 5.32 Å². The molecule has 0 bridgehead atoms. The minimum atomic E-state index is -5.06. The number of esters is 1. The van der Waals surface area contributed by atoms with Gasteiger partial charge in [0.1, 0.15) is 0 Å². The average molecular weight is 282 g/mol. The lowest BCUT2D eigenvalue weighted by molar-refractivity contribution is -0.167. The zero-order valence-electron chi connectivity index (χ0n) is 8.97. The first kappa shape index (κ1) is 14.3. The maximum atomic E-state index is 12.1. The van der Waals surface area contributed by atoms with Crippen molar-refractivity contribution in [1.82, 2.24) is 0 Å². The summed E-state index contributed by atoms with van der Waals surface area (Å²) in [7, 11) is 1.06. The molecule has 8 heteroatoms. The molecule has 0 saturated heterocycles. The van der Waals surface area contributed by atoms with Crippen LogP contribution in [0, 0.1) is 0 Å². The first-order valence-electron chi connectivity index (χ1n) is 4.51. The highest BCUT2D eigenvalue weighted by Gasteiger charge is 2.39. The zero-order valence-corrected chi connectivity index (χ0v) is 9.72. The molecule has 0 heterocycles. The number of nitrogens with one attached hydrogen (secondary N) is 1. The number of amides is 1. The van der Waals surface area contributed by atoms with Gasteiger partial charge in [-0.1, -0.05) is 11.6 Å². The van der Waals surface area contributed by atoms with Gasteiger partial charge in [-0.15, -0.1) is 0 Å². The molecule has 0 aliphatic rings. The molecule has 98 valence electrons. The van der Waals surface area contributed by atoms with Crippen LogP contribution in [0.15, 0.2) is 18.2 Å². The molecule has 1 amide bonds. The number of ether oxygens (including phenoxy) is 1. The molecule has 1 aromatic rings. The molecule has 0 atom stereocenters. The largest absolute Gasteiger partial charge is 0.471 e. The number of halogens is 4. The topological polar surface area (TPSA) is 55.4 Å². The number of carbonyl (C=O) groups excluding carboxylic acids is 2. The normalized spacial score (nSPS) is 10.9. The van der Waals surface area contributed by atoms with Gasteiger partial charge in [-0.05, 0) is 18.2 Å². The molecular weight excluding hydrogens is 275 g/mol. The number of methoxy groups -OCH3 is 1. The van der Waals surface area contributed by atoms with Gasteiger partial charge >= 0.3 is 18.1 Å². The summed E-state index contributed by atoms with van der Waals surface area (Å²) in [6, 6.07) is 3.47. The van der Waals surface area contributed by atoms with Crippen molar-refractivity contribution in [2.24, 2.45) is 0 Å². The standard InChI is InChI=1S/C10H7ClF3NO3/c1-18-8(16)6-3-2-5(11)4-7(6)15-9(17)10(12,13)14/h2-4H,1H3,(H,15,17). The maximum Gasteiger partial charge on any atom is 0.471 e. The van der Waals surface area contributed by atoms with Gasteiger partial charge in [0.15, 0.2) is 0 Å². The summed E-state index contributed by atoms with van der Waals surface area (Å²) in [4.78, 5) is 22.1. The van der Waals surface area contributed by atoms with Gasteiger partial charge < -0.3 is 10.1 Å². The summed E-state index contributed by atoms with van der Waals surface area (Å²) >= 11 is 5.58. The lowest BCUT2D eigenvalue weighted by Crippen LogP contribution is -2.30. The van der Waals surface area contributed by atoms with E-state index in [-0.39, 0.29) is 16.3 Å². The second-order valence-electron chi connectivity index (χ2n) is 3.13. The highest BCUT2D eigenvalue weighted by molar-refractivity contribution is 6.31. The summed E-state index contributed by atoms with van der Waals surface area (Å²) in [5, 5.41) is 1.63. The van der Waals surface area contributed by atoms with Crippen LogP contribution in [0.4, 0.5) is 18.9 Å². The summed E-state index contributed by atoms with van der Waals surface area (Å²) in [6.45, 7) is 0. The Morgan fingerprint density at radius 2 is 1.94 bits per heavy atom. The Labute approximate surface area is 105 Å². The SMILES string of the molecule is COC(=O)c1ccc(Cl)cc1NC(=O)C(F)(F)F. The molecule has 0 radical (unpaired) electrons. The number of anilines is 1. The Morgan fingerprint density at radius 1 is 1.33 bits per heavy atom. The third-order valence-corrected chi connectivity index (χ3v) is 2.13. The Bertz CT molecular complexity index is 488. The van der Waals surface area contributed by atoms with E-state index in [1.165, 1.54) is 6.07 Å². The van der Waals surface area contributed by atoms with Crippen LogP contribution in [0.5, 0.6) is 0 Å². The van der Waals surface area contributed by atoms with Gasteiger partial charge in [0, 0.05) is 5.02 Å². The van der Waals surface area contributed by atoms with Gasteiger partial charge in [0.25, 0.3) is 0 Å². The van der Waals surface area contributed by atoms with Gasteiger partial charge in [-0.3, -0.25) is 4.79 Å². The highest BCUT2D eigenvalue weighted by atomic mass is 35.5. The molecule has 1 aromatic carbocycles. The van der Waals surface area contributed by atoms with Crippen LogP contribution in [-0.4, -0.2) is 25.2 Å². The number of carbonyl (C=O) groups is 2. The molecule has 4 nitrogen and oxygen atoms in total. The molecule has 0 unspecified atom stereocenters. The van der Waals surface area contributed by atoms with E-state index in [1.807, 2.05) is 0 Å². The number of hydrogen-bond acceptors (Lipinski definition) is 3. The first-order chi connectivity index (χ1) is 8.25. The van der Waals surface area contributed by atoms with Crippen LogP contribution in [-0.2, 0) is 9.53 Å². The number of rotatable bonds is 2. The molecule has 0 aromatic heterocycles. The van der Waals surface area contributed by atoms with E-state index in [0.29, 0.717) is 0 Å². The number of hydrogen-bond donors (Lipinski definition) is 1. The fourth-order valence-electron chi connectivity index (χ4n) is 1.10. The van der Waals surface area contributed by atoms with E-state index in [1.54, 1.807) is 5.32 Å². The van der Waals surface area contributed by atoms with E-state index in [2.05, 4.69) is 4.74 Å². The van der Waals surface area contributed by atoms with Crippen LogP contribution in [0.1, 0.15) is 10.4 Å². The molecule has 0 aliphatic carbocycles. The molecule has 0 spiro atoms. The number of alkyl halides is 3. The van der Waals surface area contributed by atoms with Crippen molar-refractivity contribution in [1.29, 1.82) is 0 Å². The lowest BCUT2D eigenvalue weighted by atomic mass is 10.2. The van der Waals surface area contributed by atoms with Crippen molar-refractivity contribution in [3.8, 4) is 0 Å². The van der Waals surface area contributed by atoms with Crippen LogP contribution in [0.2, 0.25) is 5.02 Å². The fraction of sp³-hybridized carbons (Fsp3) is 0.200. The maximum absolute atomic E-state index is 12.1. The van der Waals surface area contributed by atoms with E-state index < -0.39 is 18.1 Å². The Morgan fingerprint density at radius 3 is 2.44 bits per heavy atom. The second-order valence-corrected chi connectivity index (χ2v) is 3.57. The van der Waals surface area contributed by atoms with Crippen molar-refractivity contribution < 1.29 is 27.5 Å². The minimum Gasteiger partial charge on any atom is -0.465 e. The second kappa shape index (κ2) is 5.26.